The number of methoxy groups -OCH3 is 1. The topological polar surface area (TPSA) is 97.6 Å². The minimum atomic E-state index is -0.226. The fourth-order valence-corrected chi connectivity index (χ4v) is 4.73. The number of nitrogens with two attached hydrogens (primary N) is 1. The van der Waals surface area contributed by atoms with Crippen LogP contribution in [-0.2, 0) is 11.2 Å². The average Bonchev–Trinajstić information content (AvgIpc) is 3.34. The minimum absolute atomic E-state index is 0.0224. The molecule has 172 valence electrons. The van der Waals surface area contributed by atoms with Gasteiger partial charge in [0.25, 0.3) is 5.91 Å². The van der Waals surface area contributed by atoms with Crippen LogP contribution in [0.5, 0.6) is 5.75 Å². The van der Waals surface area contributed by atoms with Crippen molar-refractivity contribution < 1.29 is 14.3 Å². The Bertz CT molecular complexity index is 1090. The number of carbonyl (C=O) groups is 2. The van der Waals surface area contributed by atoms with Crippen molar-refractivity contribution in [2.75, 3.05) is 32.1 Å². The third-order valence-corrected chi connectivity index (χ3v) is 6.88. The molecular formula is C25H28N4O3S. The number of nitrogens with one attached hydrogen (secondary N) is 1. The van der Waals surface area contributed by atoms with E-state index in [2.05, 4.69) is 15.2 Å². The highest BCUT2D eigenvalue weighted by Crippen LogP contribution is 2.26. The zero-order valence-corrected chi connectivity index (χ0v) is 19.4. The van der Waals surface area contributed by atoms with Gasteiger partial charge < -0.3 is 20.7 Å². The first kappa shape index (κ1) is 22.9. The Morgan fingerprint density at radius 3 is 2.45 bits per heavy atom. The number of likely N-dealkylation sites (tertiary alicyclic amines) is 1. The Hall–Kier alpha value is -3.23. The van der Waals surface area contributed by atoms with E-state index in [1.165, 1.54) is 16.9 Å². The smallest absolute Gasteiger partial charge is 0.275 e. The predicted molar refractivity (Wildman–Crippen MR) is 131 cm³/mol. The van der Waals surface area contributed by atoms with Crippen molar-refractivity contribution in [3.8, 4) is 16.3 Å². The van der Waals surface area contributed by atoms with Gasteiger partial charge in [0.15, 0.2) is 0 Å². The van der Waals surface area contributed by atoms with E-state index in [0.29, 0.717) is 5.69 Å². The van der Waals surface area contributed by atoms with E-state index in [4.69, 9.17) is 10.5 Å². The molecular weight excluding hydrogens is 436 g/mol. The number of nitrogens with zero attached hydrogens (tertiary/aromatic N) is 2. The lowest BCUT2D eigenvalue weighted by molar-refractivity contribution is -0.123. The van der Waals surface area contributed by atoms with Gasteiger partial charge in [-0.3, -0.25) is 9.59 Å². The SMILES string of the molecule is COc1ccc(-c2nc(C(=O)Nc3ccc(CCN4CCC(C(N)=O)CC4)cc3)cs2)cc1. The van der Waals surface area contributed by atoms with Crippen molar-refractivity contribution in [3.63, 3.8) is 0 Å². The molecule has 0 atom stereocenters. The van der Waals surface area contributed by atoms with E-state index in [-0.39, 0.29) is 17.7 Å². The van der Waals surface area contributed by atoms with Gasteiger partial charge in [-0.05, 0) is 74.3 Å². The molecule has 3 aromatic rings. The Kier molecular flexibility index (Phi) is 7.36. The summed E-state index contributed by atoms with van der Waals surface area (Å²) in [5, 5.41) is 5.48. The molecule has 1 aliphatic rings. The van der Waals surface area contributed by atoms with Crippen LogP contribution in [0.2, 0.25) is 0 Å². The Morgan fingerprint density at radius 2 is 1.82 bits per heavy atom. The molecule has 7 nitrogen and oxygen atoms in total. The number of hydrogen-bond acceptors (Lipinski definition) is 6. The number of aromatic nitrogens is 1. The van der Waals surface area contributed by atoms with Gasteiger partial charge in [-0.2, -0.15) is 0 Å². The van der Waals surface area contributed by atoms with Crippen LogP contribution in [0.1, 0.15) is 28.9 Å². The summed E-state index contributed by atoms with van der Waals surface area (Å²) in [6.07, 6.45) is 2.61. The molecule has 0 bridgehead atoms. The molecule has 1 saturated heterocycles. The van der Waals surface area contributed by atoms with Gasteiger partial charge >= 0.3 is 0 Å². The van der Waals surface area contributed by atoms with Crippen LogP contribution in [-0.4, -0.2) is 48.4 Å². The molecule has 4 rings (SSSR count). The molecule has 3 N–H and O–H groups in total. The highest BCUT2D eigenvalue weighted by atomic mass is 32.1. The second-order valence-electron chi connectivity index (χ2n) is 8.19. The number of ether oxygens (including phenoxy) is 1. The summed E-state index contributed by atoms with van der Waals surface area (Å²) >= 11 is 1.44. The van der Waals surface area contributed by atoms with E-state index in [9.17, 15) is 9.59 Å². The Labute approximate surface area is 197 Å². The fourth-order valence-electron chi connectivity index (χ4n) is 3.92. The summed E-state index contributed by atoms with van der Waals surface area (Å²) in [5.74, 6) is 0.400. The molecule has 1 aromatic heterocycles. The third kappa shape index (κ3) is 5.97. The van der Waals surface area contributed by atoms with E-state index >= 15 is 0 Å². The number of piperidine rings is 1. The number of amides is 2. The standard InChI is InChI=1S/C25H28N4O3S/c1-32-21-8-4-19(5-9-21)25-28-22(16-33-25)24(31)27-20-6-2-17(3-7-20)10-13-29-14-11-18(12-15-29)23(26)30/h2-9,16,18H,10-15H2,1H3,(H2,26,30)(H,27,31). The lowest BCUT2D eigenvalue weighted by Gasteiger charge is -2.30. The first-order chi connectivity index (χ1) is 16.0. The maximum Gasteiger partial charge on any atom is 0.275 e. The monoisotopic (exact) mass is 464 g/mol. The van der Waals surface area contributed by atoms with Crippen LogP contribution in [0.4, 0.5) is 5.69 Å². The predicted octanol–water partition coefficient (Wildman–Crippen LogP) is 3.81. The van der Waals surface area contributed by atoms with Gasteiger partial charge in [-0.1, -0.05) is 12.1 Å². The second-order valence-corrected chi connectivity index (χ2v) is 9.04. The van der Waals surface area contributed by atoms with Crippen LogP contribution >= 0.6 is 11.3 Å². The fraction of sp³-hybridized carbons (Fsp3) is 0.320. The maximum absolute atomic E-state index is 12.6. The highest BCUT2D eigenvalue weighted by Gasteiger charge is 2.22. The zero-order chi connectivity index (χ0) is 23.2. The molecule has 8 heteroatoms. The largest absolute Gasteiger partial charge is 0.497 e. The van der Waals surface area contributed by atoms with Crippen molar-refractivity contribution in [1.29, 1.82) is 0 Å². The molecule has 1 fully saturated rings. The summed E-state index contributed by atoms with van der Waals surface area (Å²) in [6.45, 7) is 2.77. The Balaban J connectivity index is 1.28. The minimum Gasteiger partial charge on any atom is -0.497 e. The zero-order valence-electron chi connectivity index (χ0n) is 18.6. The van der Waals surface area contributed by atoms with Crippen LogP contribution in [0.15, 0.2) is 53.9 Å². The summed E-state index contributed by atoms with van der Waals surface area (Å²) in [7, 11) is 1.63. The van der Waals surface area contributed by atoms with Gasteiger partial charge in [0.05, 0.1) is 7.11 Å². The first-order valence-electron chi connectivity index (χ1n) is 11.0. The maximum atomic E-state index is 12.6. The van der Waals surface area contributed by atoms with Crippen molar-refractivity contribution in [3.05, 3.63) is 65.2 Å². The van der Waals surface area contributed by atoms with Crippen LogP contribution in [0.3, 0.4) is 0 Å². The highest BCUT2D eigenvalue weighted by molar-refractivity contribution is 7.13. The summed E-state index contributed by atoms with van der Waals surface area (Å²) in [5.41, 5.74) is 8.70. The summed E-state index contributed by atoms with van der Waals surface area (Å²) < 4.78 is 5.18. The Morgan fingerprint density at radius 1 is 1.12 bits per heavy atom. The molecule has 0 unspecified atom stereocenters. The van der Waals surface area contributed by atoms with E-state index in [1.807, 2.05) is 48.5 Å². The van der Waals surface area contributed by atoms with E-state index < -0.39 is 0 Å². The molecule has 0 aliphatic carbocycles. The van der Waals surface area contributed by atoms with Crippen molar-refractivity contribution in [2.45, 2.75) is 19.3 Å². The number of thiazole rings is 1. The van der Waals surface area contributed by atoms with Gasteiger partial charge in [-0.25, -0.2) is 4.98 Å². The number of rotatable bonds is 8. The van der Waals surface area contributed by atoms with Crippen LogP contribution in [0, 0.1) is 5.92 Å². The molecule has 1 aliphatic heterocycles. The van der Waals surface area contributed by atoms with Gasteiger partial charge in [-0.15, -0.1) is 11.3 Å². The van der Waals surface area contributed by atoms with Gasteiger partial charge in [0, 0.05) is 29.1 Å². The van der Waals surface area contributed by atoms with Gasteiger partial charge in [0.1, 0.15) is 16.5 Å². The van der Waals surface area contributed by atoms with Gasteiger partial charge in [0.2, 0.25) is 5.91 Å². The number of hydrogen-bond donors (Lipinski definition) is 2. The number of anilines is 1. The normalized spacial score (nSPS) is 14.7. The number of benzene rings is 2. The van der Waals surface area contributed by atoms with Crippen molar-refractivity contribution in [1.82, 2.24) is 9.88 Å². The third-order valence-electron chi connectivity index (χ3n) is 5.99. The molecule has 2 aromatic carbocycles. The molecule has 0 spiro atoms. The van der Waals surface area contributed by atoms with E-state index in [0.717, 1.165) is 60.9 Å². The van der Waals surface area contributed by atoms with E-state index in [1.54, 1.807) is 12.5 Å². The molecule has 0 radical (unpaired) electrons. The number of primary amides is 1. The average molecular weight is 465 g/mol. The van der Waals surface area contributed by atoms with Crippen LogP contribution < -0.4 is 15.8 Å². The molecule has 2 amide bonds. The quantitative estimate of drug-likeness (QED) is 0.528. The molecule has 2 heterocycles. The van der Waals surface area contributed by atoms with Crippen molar-refractivity contribution in [2.24, 2.45) is 11.7 Å². The summed E-state index contributed by atoms with van der Waals surface area (Å²) in [4.78, 5) is 30.8. The molecule has 0 saturated carbocycles. The lowest BCUT2D eigenvalue weighted by Crippen LogP contribution is -2.39. The van der Waals surface area contributed by atoms with Crippen LogP contribution in [0.25, 0.3) is 10.6 Å². The molecule has 33 heavy (non-hydrogen) atoms. The number of carbonyl (C=O) groups excluding carboxylic acids is 2. The summed E-state index contributed by atoms with van der Waals surface area (Å²) in [6, 6.07) is 15.5. The van der Waals surface area contributed by atoms with Crippen molar-refractivity contribution >= 4 is 28.8 Å². The lowest BCUT2D eigenvalue weighted by atomic mass is 9.96. The first-order valence-corrected chi connectivity index (χ1v) is 11.9. The second kappa shape index (κ2) is 10.6.